The Morgan fingerprint density at radius 3 is 2.05 bits per heavy atom. The molecule has 2 amide bonds. The summed E-state index contributed by atoms with van der Waals surface area (Å²) in [5, 5.41) is 2.94. The summed E-state index contributed by atoms with van der Waals surface area (Å²) in [4.78, 5) is 28.6. The number of amides is 2. The van der Waals surface area contributed by atoms with E-state index >= 15 is 0 Å². The Hall–Kier alpha value is -3.72. The summed E-state index contributed by atoms with van der Waals surface area (Å²) < 4.78 is 39.5. The Balaban J connectivity index is 1.84. The molecule has 3 rings (SSSR count). The molecule has 0 aliphatic rings. The fourth-order valence-electron chi connectivity index (χ4n) is 4.31. The summed E-state index contributed by atoms with van der Waals surface area (Å²) in [6.07, 6.45) is 2.45. The molecule has 39 heavy (non-hydrogen) atoms. The molecule has 1 N–H and O–H groups in total. The van der Waals surface area contributed by atoms with Crippen LogP contribution in [0.25, 0.3) is 0 Å². The lowest BCUT2D eigenvalue weighted by atomic mass is 10.0. The molecule has 0 bridgehead atoms. The predicted octanol–water partition coefficient (Wildman–Crippen LogP) is 4.54. The predicted molar refractivity (Wildman–Crippen MR) is 152 cm³/mol. The van der Waals surface area contributed by atoms with Crippen molar-refractivity contribution in [3.63, 3.8) is 0 Å². The van der Waals surface area contributed by atoms with Crippen LogP contribution in [0.1, 0.15) is 37.3 Å². The molecule has 3 aromatic carbocycles. The maximum absolute atomic E-state index is 13.7. The Morgan fingerprint density at radius 2 is 1.49 bits per heavy atom. The maximum Gasteiger partial charge on any atom is 0.243 e. The highest BCUT2D eigenvalue weighted by Gasteiger charge is 2.30. The van der Waals surface area contributed by atoms with Gasteiger partial charge in [-0.15, -0.1) is 0 Å². The van der Waals surface area contributed by atoms with Gasteiger partial charge in [-0.2, -0.15) is 0 Å². The van der Waals surface area contributed by atoms with E-state index in [1.165, 1.54) is 24.3 Å². The van der Waals surface area contributed by atoms with Gasteiger partial charge in [0.25, 0.3) is 0 Å². The summed E-state index contributed by atoms with van der Waals surface area (Å²) >= 11 is 0. The van der Waals surface area contributed by atoms with Crippen molar-refractivity contribution in [3.05, 3.63) is 102 Å². The molecule has 0 radical (unpaired) electrons. The van der Waals surface area contributed by atoms with E-state index in [1.54, 1.807) is 4.90 Å². The largest absolute Gasteiger partial charge is 0.354 e. The Morgan fingerprint density at radius 1 is 0.897 bits per heavy atom. The molecule has 0 fully saturated rings. The van der Waals surface area contributed by atoms with Crippen LogP contribution in [0.15, 0.2) is 84.9 Å². The van der Waals surface area contributed by atoms with Crippen molar-refractivity contribution < 1.29 is 22.4 Å². The van der Waals surface area contributed by atoms with Gasteiger partial charge in [0.15, 0.2) is 0 Å². The molecular formula is C30H36FN3O4S. The second-order valence-corrected chi connectivity index (χ2v) is 11.3. The van der Waals surface area contributed by atoms with Crippen molar-refractivity contribution >= 4 is 27.5 Å². The molecule has 7 nitrogen and oxygen atoms in total. The SMILES string of the molecule is CCCNC(=O)[C@@H](Cc1ccccc1)N(Cc1ccccc1)C(=O)CCCN(c1ccc(F)cc1)S(C)(=O)=O. The molecule has 0 saturated carbocycles. The number of carbonyl (C=O) groups is 2. The fraction of sp³-hybridized carbons (Fsp3) is 0.333. The van der Waals surface area contributed by atoms with E-state index < -0.39 is 21.9 Å². The number of hydrogen-bond donors (Lipinski definition) is 1. The number of halogens is 1. The van der Waals surface area contributed by atoms with E-state index in [2.05, 4.69) is 5.32 Å². The monoisotopic (exact) mass is 553 g/mol. The lowest BCUT2D eigenvalue weighted by molar-refractivity contribution is -0.141. The van der Waals surface area contributed by atoms with Crippen LogP contribution in [0.2, 0.25) is 0 Å². The van der Waals surface area contributed by atoms with E-state index in [1.807, 2.05) is 67.6 Å². The van der Waals surface area contributed by atoms with Gasteiger partial charge in [0.2, 0.25) is 21.8 Å². The van der Waals surface area contributed by atoms with Crippen LogP contribution in [0.3, 0.4) is 0 Å². The van der Waals surface area contributed by atoms with E-state index in [4.69, 9.17) is 0 Å². The summed E-state index contributed by atoms with van der Waals surface area (Å²) in [6.45, 7) is 2.75. The van der Waals surface area contributed by atoms with Crippen LogP contribution in [-0.2, 0) is 32.6 Å². The van der Waals surface area contributed by atoms with Crippen molar-refractivity contribution in [1.29, 1.82) is 0 Å². The Bertz CT molecular complexity index is 1300. The second-order valence-electron chi connectivity index (χ2n) is 9.42. The number of nitrogens with one attached hydrogen (secondary N) is 1. The zero-order chi connectivity index (χ0) is 28.3. The quantitative estimate of drug-likeness (QED) is 0.318. The number of carbonyl (C=O) groups excluding carboxylic acids is 2. The molecule has 3 aromatic rings. The number of nitrogens with zero attached hydrogens (tertiary/aromatic N) is 2. The number of rotatable bonds is 14. The van der Waals surface area contributed by atoms with Crippen molar-refractivity contribution in [2.75, 3.05) is 23.7 Å². The normalized spacial score (nSPS) is 12.0. The minimum absolute atomic E-state index is 0.0341. The van der Waals surface area contributed by atoms with E-state index in [9.17, 15) is 22.4 Å². The van der Waals surface area contributed by atoms with Crippen molar-refractivity contribution in [2.45, 2.75) is 45.2 Å². The van der Waals surface area contributed by atoms with Crippen LogP contribution in [-0.4, -0.2) is 50.5 Å². The number of anilines is 1. The number of benzene rings is 3. The summed E-state index contributed by atoms with van der Waals surface area (Å²) in [5.74, 6) is -0.946. The zero-order valence-corrected chi connectivity index (χ0v) is 23.2. The molecule has 0 unspecified atom stereocenters. The van der Waals surface area contributed by atoms with Gasteiger partial charge in [0.05, 0.1) is 11.9 Å². The van der Waals surface area contributed by atoms with Crippen LogP contribution >= 0.6 is 0 Å². The zero-order valence-electron chi connectivity index (χ0n) is 22.4. The minimum Gasteiger partial charge on any atom is -0.354 e. The highest BCUT2D eigenvalue weighted by atomic mass is 32.2. The molecular weight excluding hydrogens is 517 g/mol. The third-order valence-corrected chi connectivity index (χ3v) is 7.48. The molecule has 208 valence electrons. The van der Waals surface area contributed by atoms with Crippen LogP contribution in [0, 0.1) is 5.82 Å². The molecule has 0 aliphatic heterocycles. The third kappa shape index (κ3) is 9.21. The van der Waals surface area contributed by atoms with Gasteiger partial charge in [-0.1, -0.05) is 67.6 Å². The van der Waals surface area contributed by atoms with Crippen LogP contribution in [0.4, 0.5) is 10.1 Å². The van der Waals surface area contributed by atoms with Gasteiger partial charge in [0.1, 0.15) is 11.9 Å². The van der Waals surface area contributed by atoms with Crippen molar-refractivity contribution in [2.24, 2.45) is 0 Å². The number of hydrogen-bond acceptors (Lipinski definition) is 4. The first-order chi connectivity index (χ1) is 18.7. The van der Waals surface area contributed by atoms with Crippen molar-refractivity contribution in [3.8, 4) is 0 Å². The summed E-state index contributed by atoms with van der Waals surface area (Å²) in [5.41, 5.74) is 2.14. The highest BCUT2D eigenvalue weighted by Crippen LogP contribution is 2.20. The van der Waals surface area contributed by atoms with Gasteiger partial charge < -0.3 is 10.2 Å². The average molecular weight is 554 g/mol. The first-order valence-electron chi connectivity index (χ1n) is 13.1. The molecule has 0 spiro atoms. The molecule has 0 aromatic heterocycles. The minimum atomic E-state index is -3.66. The second kappa shape index (κ2) is 14.4. The molecule has 9 heteroatoms. The summed E-state index contributed by atoms with van der Waals surface area (Å²) in [6, 6.07) is 23.5. The lowest BCUT2D eigenvalue weighted by Gasteiger charge is -2.32. The van der Waals surface area contributed by atoms with E-state index in [0.717, 1.165) is 28.1 Å². The first kappa shape index (κ1) is 29.8. The van der Waals surface area contributed by atoms with Crippen molar-refractivity contribution in [1.82, 2.24) is 10.2 Å². The summed E-state index contributed by atoms with van der Waals surface area (Å²) in [7, 11) is -3.66. The molecule has 0 aliphatic carbocycles. The first-order valence-corrected chi connectivity index (χ1v) is 14.9. The smallest absolute Gasteiger partial charge is 0.243 e. The van der Waals surface area contributed by atoms with Crippen LogP contribution < -0.4 is 9.62 Å². The highest BCUT2D eigenvalue weighted by molar-refractivity contribution is 7.92. The molecule has 0 saturated heterocycles. The average Bonchev–Trinajstić information content (AvgIpc) is 2.92. The van der Waals surface area contributed by atoms with E-state index in [0.29, 0.717) is 18.7 Å². The van der Waals surface area contributed by atoms with Gasteiger partial charge >= 0.3 is 0 Å². The van der Waals surface area contributed by atoms with Gasteiger partial charge in [-0.25, -0.2) is 12.8 Å². The standard InChI is InChI=1S/C30H36FN3O4S/c1-3-20-32-30(36)28(22-24-11-6-4-7-12-24)33(23-25-13-8-5-9-14-25)29(35)15-10-21-34(39(2,37)38)27-18-16-26(31)17-19-27/h4-9,11-14,16-19,28H,3,10,15,20-23H2,1-2H3,(H,32,36)/t28-/m1/s1. The topological polar surface area (TPSA) is 86.8 Å². The lowest BCUT2D eigenvalue weighted by Crippen LogP contribution is -2.50. The van der Waals surface area contributed by atoms with Gasteiger partial charge in [-0.3, -0.25) is 13.9 Å². The third-order valence-electron chi connectivity index (χ3n) is 6.28. The molecule has 1 atom stereocenters. The van der Waals surface area contributed by atoms with Gasteiger partial charge in [-0.05, 0) is 48.2 Å². The molecule has 0 heterocycles. The van der Waals surface area contributed by atoms with Gasteiger partial charge in [0, 0.05) is 32.5 Å². The van der Waals surface area contributed by atoms with E-state index in [-0.39, 0.29) is 37.7 Å². The fourth-order valence-corrected chi connectivity index (χ4v) is 5.28. The van der Waals surface area contributed by atoms with Crippen LogP contribution in [0.5, 0.6) is 0 Å². The maximum atomic E-state index is 13.7. The Kier molecular flexibility index (Phi) is 11.0. The Labute approximate surface area is 230 Å². The number of sulfonamides is 1.